The van der Waals surface area contributed by atoms with E-state index in [0.29, 0.717) is 23.4 Å². The predicted molar refractivity (Wildman–Crippen MR) is 85.0 cm³/mol. The number of rotatable bonds is 6. The Kier molecular flexibility index (Phi) is 4.80. The first-order chi connectivity index (χ1) is 10.5. The van der Waals surface area contributed by atoms with E-state index in [1.165, 1.54) is 11.6 Å². The van der Waals surface area contributed by atoms with E-state index in [1.54, 1.807) is 0 Å². The molecule has 1 aromatic heterocycles. The summed E-state index contributed by atoms with van der Waals surface area (Å²) in [6.45, 7) is 4.14. The number of hydrogen-bond acceptors (Lipinski definition) is 3. The largest absolute Gasteiger partial charge is 0.357 e. The zero-order valence-electron chi connectivity index (χ0n) is 13.1. The maximum Gasteiger partial charge on any atom is 0.327 e. The van der Waals surface area contributed by atoms with E-state index in [4.69, 9.17) is 0 Å². The number of aldehydes is 1. The van der Waals surface area contributed by atoms with E-state index >= 15 is 0 Å². The average Bonchev–Trinajstić information content (AvgIpc) is 2.82. The summed E-state index contributed by atoms with van der Waals surface area (Å²) >= 11 is 0. The van der Waals surface area contributed by atoms with Crippen molar-refractivity contribution in [1.29, 1.82) is 0 Å². The standard InChI is InChI=1S/C16H21N3O3/c1-10(2)11-6-7-12-14(9-11)19(16(22)18-12)13(5-4-8-20)15(21)17-3/h6-10,13H,4-5H2,1-3H3,(H,17,21)(H,18,22). The molecule has 6 nitrogen and oxygen atoms in total. The number of nitrogens with zero attached hydrogens (tertiary/aromatic N) is 1. The maximum atomic E-state index is 12.3. The van der Waals surface area contributed by atoms with Gasteiger partial charge in [-0.25, -0.2) is 4.79 Å². The highest BCUT2D eigenvalue weighted by Gasteiger charge is 2.23. The molecule has 2 rings (SSSR count). The van der Waals surface area contributed by atoms with Crippen molar-refractivity contribution in [3.8, 4) is 0 Å². The first kappa shape index (κ1) is 16.0. The Morgan fingerprint density at radius 1 is 1.41 bits per heavy atom. The molecule has 0 saturated heterocycles. The van der Waals surface area contributed by atoms with Gasteiger partial charge >= 0.3 is 5.69 Å². The van der Waals surface area contributed by atoms with Crippen LogP contribution in [-0.2, 0) is 9.59 Å². The summed E-state index contributed by atoms with van der Waals surface area (Å²) in [6.07, 6.45) is 1.28. The van der Waals surface area contributed by atoms with Crippen LogP contribution in [0, 0.1) is 0 Å². The van der Waals surface area contributed by atoms with Gasteiger partial charge in [-0.15, -0.1) is 0 Å². The number of carbonyl (C=O) groups excluding carboxylic acids is 2. The van der Waals surface area contributed by atoms with Crippen molar-refractivity contribution >= 4 is 23.2 Å². The van der Waals surface area contributed by atoms with Crippen molar-refractivity contribution in [2.24, 2.45) is 0 Å². The third kappa shape index (κ3) is 2.95. The Labute approximate surface area is 128 Å². The fraction of sp³-hybridized carbons (Fsp3) is 0.438. The SMILES string of the molecule is CNC(=O)C(CCC=O)n1c(=O)[nH]c2ccc(C(C)C)cc21. The molecular weight excluding hydrogens is 282 g/mol. The van der Waals surface area contributed by atoms with Crippen molar-refractivity contribution in [3.63, 3.8) is 0 Å². The summed E-state index contributed by atoms with van der Waals surface area (Å²) in [5.41, 5.74) is 2.13. The average molecular weight is 303 g/mol. The summed E-state index contributed by atoms with van der Waals surface area (Å²) in [5, 5.41) is 2.56. The fourth-order valence-electron chi connectivity index (χ4n) is 2.58. The van der Waals surface area contributed by atoms with E-state index in [9.17, 15) is 14.4 Å². The number of likely N-dealkylation sites (N-methyl/N-ethyl adjacent to an activating group) is 1. The van der Waals surface area contributed by atoms with E-state index in [-0.39, 0.29) is 18.0 Å². The zero-order chi connectivity index (χ0) is 16.3. The minimum Gasteiger partial charge on any atom is -0.357 e. The molecule has 0 fully saturated rings. The lowest BCUT2D eigenvalue weighted by atomic mass is 10.0. The fourth-order valence-corrected chi connectivity index (χ4v) is 2.58. The molecule has 1 aromatic carbocycles. The predicted octanol–water partition coefficient (Wildman–Crippen LogP) is 1.72. The maximum absolute atomic E-state index is 12.3. The molecule has 0 aliphatic carbocycles. The minimum absolute atomic E-state index is 0.223. The quantitative estimate of drug-likeness (QED) is 0.797. The number of hydrogen-bond donors (Lipinski definition) is 2. The second kappa shape index (κ2) is 6.60. The molecule has 22 heavy (non-hydrogen) atoms. The molecule has 2 N–H and O–H groups in total. The van der Waals surface area contributed by atoms with Crippen LogP contribution in [-0.4, -0.2) is 28.8 Å². The van der Waals surface area contributed by atoms with Crippen LogP contribution in [0.2, 0.25) is 0 Å². The Morgan fingerprint density at radius 2 is 2.14 bits per heavy atom. The lowest BCUT2D eigenvalue weighted by molar-refractivity contribution is -0.124. The summed E-state index contributed by atoms with van der Waals surface area (Å²) in [5.74, 6) is 0.0380. The Morgan fingerprint density at radius 3 is 2.73 bits per heavy atom. The van der Waals surface area contributed by atoms with E-state index < -0.39 is 6.04 Å². The molecule has 1 atom stereocenters. The lowest BCUT2D eigenvalue weighted by Crippen LogP contribution is -2.34. The molecule has 1 unspecified atom stereocenters. The topological polar surface area (TPSA) is 84.0 Å². The number of fused-ring (bicyclic) bond motifs is 1. The Balaban J connectivity index is 2.61. The van der Waals surface area contributed by atoms with Crippen molar-refractivity contribution in [1.82, 2.24) is 14.9 Å². The van der Waals surface area contributed by atoms with E-state index in [0.717, 1.165) is 11.8 Å². The van der Waals surface area contributed by atoms with Gasteiger partial charge in [-0.2, -0.15) is 0 Å². The summed E-state index contributed by atoms with van der Waals surface area (Å²) in [6, 6.07) is 5.05. The molecule has 2 aromatic rings. The van der Waals surface area contributed by atoms with Crippen LogP contribution >= 0.6 is 0 Å². The van der Waals surface area contributed by atoms with Crippen LogP contribution in [0.25, 0.3) is 11.0 Å². The van der Waals surface area contributed by atoms with Gasteiger partial charge in [-0.05, 0) is 30.0 Å². The molecule has 1 amide bonds. The summed E-state index contributed by atoms with van der Waals surface area (Å²) < 4.78 is 1.45. The van der Waals surface area contributed by atoms with Crippen LogP contribution in [0.3, 0.4) is 0 Å². The highest BCUT2D eigenvalue weighted by Crippen LogP contribution is 2.23. The molecule has 0 aliphatic rings. The number of nitrogens with one attached hydrogen (secondary N) is 2. The number of carbonyl (C=O) groups is 2. The number of H-pyrrole nitrogens is 1. The first-order valence-corrected chi connectivity index (χ1v) is 7.39. The number of amides is 1. The number of imidazole rings is 1. The van der Waals surface area contributed by atoms with Gasteiger partial charge < -0.3 is 15.1 Å². The van der Waals surface area contributed by atoms with Gasteiger partial charge in [0, 0.05) is 13.5 Å². The van der Waals surface area contributed by atoms with Crippen molar-refractivity contribution < 1.29 is 9.59 Å². The van der Waals surface area contributed by atoms with Crippen LogP contribution < -0.4 is 11.0 Å². The molecule has 0 radical (unpaired) electrons. The van der Waals surface area contributed by atoms with Gasteiger partial charge in [0.2, 0.25) is 5.91 Å². The minimum atomic E-state index is -0.695. The smallest absolute Gasteiger partial charge is 0.327 e. The van der Waals surface area contributed by atoms with Gasteiger partial charge in [-0.1, -0.05) is 19.9 Å². The Bertz CT molecular complexity index is 743. The monoisotopic (exact) mass is 303 g/mol. The van der Waals surface area contributed by atoms with Crippen LogP contribution in [0.5, 0.6) is 0 Å². The van der Waals surface area contributed by atoms with Gasteiger partial charge in [0.25, 0.3) is 0 Å². The van der Waals surface area contributed by atoms with E-state index in [1.807, 2.05) is 18.2 Å². The lowest BCUT2D eigenvalue weighted by Gasteiger charge is -2.16. The Hall–Kier alpha value is -2.37. The number of aromatic nitrogens is 2. The van der Waals surface area contributed by atoms with Gasteiger partial charge in [-0.3, -0.25) is 9.36 Å². The zero-order valence-corrected chi connectivity index (χ0v) is 13.1. The van der Waals surface area contributed by atoms with Crippen LogP contribution in [0.15, 0.2) is 23.0 Å². The molecule has 1 heterocycles. The molecule has 0 aliphatic heterocycles. The highest BCUT2D eigenvalue weighted by molar-refractivity contribution is 5.84. The van der Waals surface area contributed by atoms with Gasteiger partial charge in [0.1, 0.15) is 12.3 Å². The van der Waals surface area contributed by atoms with Gasteiger partial charge in [0.15, 0.2) is 0 Å². The number of benzene rings is 1. The van der Waals surface area contributed by atoms with Gasteiger partial charge in [0.05, 0.1) is 11.0 Å². The second-order valence-electron chi connectivity index (χ2n) is 5.61. The van der Waals surface area contributed by atoms with Crippen LogP contribution in [0.4, 0.5) is 0 Å². The molecule has 6 heteroatoms. The third-order valence-corrected chi connectivity index (χ3v) is 3.83. The normalized spacial score (nSPS) is 12.5. The second-order valence-corrected chi connectivity index (χ2v) is 5.61. The van der Waals surface area contributed by atoms with Crippen molar-refractivity contribution in [2.75, 3.05) is 7.05 Å². The molecule has 0 bridgehead atoms. The molecule has 0 spiro atoms. The molecule has 118 valence electrons. The highest BCUT2D eigenvalue weighted by atomic mass is 16.2. The van der Waals surface area contributed by atoms with Crippen molar-refractivity contribution in [3.05, 3.63) is 34.2 Å². The van der Waals surface area contributed by atoms with Crippen molar-refractivity contribution in [2.45, 2.75) is 38.6 Å². The third-order valence-electron chi connectivity index (χ3n) is 3.83. The first-order valence-electron chi connectivity index (χ1n) is 7.39. The van der Waals surface area contributed by atoms with Crippen LogP contribution in [0.1, 0.15) is 44.2 Å². The summed E-state index contributed by atoms with van der Waals surface area (Å²) in [4.78, 5) is 37.8. The molecular formula is C16H21N3O3. The molecule has 0 saturated carbocycles. The number of aromatic amines is 1. The summed E-state index contributed by atoms with van der Waals surface area (Å²) in [7, 11) is 1.52. The van der Waals surface area contributed by atoms with E-state index in [2.05, 4.69) is 24.1 Å².